The summed E-state index contributed by atoms with van der Waals surface area (Å²) in [7, 11) is 3.91. The van der Waals surface area contributed by atoms with Crippen LogP contribution in [0.15, 0.2) is 48.5 Å². The normalized spacial score (nSPS) is 16.0. The van der Waals surface area contributed by atoms with Crippen LogP contribution in [0.2, 0.25) is 0 Å². The first-order valence-electron chi connectivity index (χ1n) is 7.10. The van der Waals surface area contributed by atoms with Gasteiger partial charge in [0.25, 0.3) is 5.91 Å². The zero-order valence-corrected chi connectivity index (χ0v) is 12.6. The molecule has 1 aliphatic rings. The van der Waals surface area contributed by atoms with Gasteiger partial charge < -0.3 is 19.7 Å². The Bertz CT molecular complexity index is 685. The van der Waals surface area contributed by atoms with Crippen molar-refractivity contribution in [2.75, 3.05) is 30.9 Å². The molecule has 1 amide bonds. The van der Waals surface area contributed by atoms with Crippen LogP contribution in [0, 0.1) is 0 Å². The highest BCUT2D eigenvalue weighted by atomic mass is 16.6. The van der Waals surface area contributed by atoms with Crippen LogP contribution in [0.25, 0.3) is 0 Å². The first-order chi connectivity index (χ1) is 10.6. The number of amides is 1. The zero-order chi connectivity index (χ0) is 15.5. The highest BCUT2D eigenvalue weighted by molar-refractivity contribution is 5.95. The van der Waals surface area contributed by atoms with Gasteiger partial charge in [0.1, 0.15) is 6.61 Å². The lowest BCUT2D eigenvalue weighted by Gasteiger charge is -2.25. The van der Waals surface area contributed by atoms with Gasteiger partial charge in [0.15, 0.2) is 11.5 Å². The molecule has 0 saturated carbocycles. The van der Waals surface area contributed by atoms with Crippen molar-refractivity contribution in [1.82, 2.24) is 0 Å². The van der Waals surface area contributed by atoms with Crippen LogP contribution in [0.4, 0.5) is 11.4 Å². The van der Waals surface area contributed by atoms with Crippen molar-refractivity contribution in [3.63, 3.8) is 0 Å². The van der Waals surface area contributed by atoms with Gasteiger partial charge in [-0.25, -0.2) is 0 Å². The van der Waals surface area contributed by atoms with Crippen LogP contribution in [0.3, 0.4) is 0 Å². The van der Waals surface area contributed by atoms with Crippen LogP contribution in [-0.4, -0.2) is 32.7 Å². The monoisotopic (exact) mass is 298 g/mol. The summed E-state index contributed by atoms with van der Waals surface area (Å²) in [6, 6.07) is 15.0. The number of rotatable bonds is 3. The highest BCUT2D eigenvalue weighted by Crippen LogP contribution is 2.31. The highest BCUT2D eigenvalue weighted by Gasteiger charge is 2.27. The number of ether oxygens (including phenoxy) is 2. The Hall–Kier alpha value is -2.69. The number of fused-ring (bicyclic) bond motifs is 1. The second-order valence-corrected chi connectivity index (χ2v) is 5.30. The Morgan fingerprint density at radius 3 is 2.68 bits per heavy atom. The van der Waals surface area contributed by atoms with E-state index in [1.54, 1.807) is 6.07 Å². The van der Waals surface area contributed by atoms with Gasteiger partial charge >= 0.3 is 0 Å². The molecule has 0 fully saturated rings. The third-order valence-electron chi connectivity index (χ3n) is 3.43. The van der Waals surface area contributed by atoms with Gasteiger partial charge in [-0.05, 0) is 30.3 Å². The van der Waals surface area contributed by atoms with E-state index < -0.39 is 6.10 Å². The fourth-order valence-electron chi connectivity index (χ4n) is 2.23. The molecule has 0 saturated heterocycles. The summed E-state index contributed by atoms with van der Waals surface area (Å²) >= 11 is 0. The number of anilines is 2. The minimum absolute atomic E-state index is 0.205. The minimum Gasteiger partial charge on any atom is -0.485 e. The second kappa shape index (κ2) is 5.97. The van der Waals surface area contributed by atoms with E-state index in [2.05, 4.69) is 5.32 Å². The Morgan fingerprint density at radius 1 is 1.14 bits per heavy atom. The molecule has 5 nitrogen and oxygen atoms in total. The number of hydrogen-bond acceptors (Lipinski definition) is 4. The maximum Gasteiger partial charge on any atom is 0.269 e. The molecular formula is C17H18N2O3. The van der Waals surface area contributed by atoms with Crippen molar-refractivity contribution >= 4 is 17.3 Å². The van der Waals surface area contributed by atoms with E-state index in [4.69, 9.17) is 9.47 Å². The van der Waals surface area contributed by atoms with E-state index in [9.17, 15) is 4.79 Å². The second-order valence-electron chi connectivity index (χ2n) is 5.30. The SMILES string of the molecule is CN(C)c1cccc(NC(=O)C2COc3ccccc3O2)c1. The van der Waals surface area contributed by atoms with Crippen LogP contribution in [0.5, 0.6) is 11.5 Å². The number of carbonyl (C=O) groups is 1. The minimum atomic E-state index is -0.655. The molecule has 0 aliphatic carbocycles. The zero-order valence-electron chi connectivity index (χ0n) is 12.6. The summed E-state index contributed by atoms with van der Waals surface area (Å²) in [4.78, 5) is 14.3. The number of para-hydroxylation sites is 2. The lowest BCUT2D eigenvalue weighted by molar-refractivity contribution is -0.125. The average Bonchev–Trinajstić information content (AvgIpc) is 2.54. The fraction of sp³-hybridized carbons (Fsp3) is 0.235. The predicted molar refractivity (Wildman–Crippen MR) is 85.8 cm³/mol. The van der Waals surface area contributed by atoms with Crippen LogP contribution in [0.1, 0.15) is 0 Å². The van der Waals surface area contributed by atoms with Crippen molar-refractivity contribution in [2.45, 2.75) is 6.10 Å². The van der Waals surface area contributed by atoms with E-state index in [0.717, 1.165) is 11.4 Å². The molecule has 1 N–H and O–H groups in total. The maximum atomic E-state index is 12.3. The van der Waals surface area contributed by atoms with E-state index in [1.165, 1.54) is 0 Å². The van der Waals surface area contributed by atoms with Gasteiger partial charge in [-0.1, -0.05) is 18.2 Å². The van der Waals surface area contributed by atoms with Gasteiger partial charge in [0, 0.05) is 25.5 Å². The molecule has 2 aromatic carbocycles. The standard InChI is InChI=1S/C17H18N2O3/c1-19(2)13-7-5-6-12(10-13)18-17(20)16-11-21-14-8-3-4-9-15(14)22-16/h3-10,16H,11H2,1-2H3,(H,18,20). The molecular weight excluding hydrogens is 280 g/mol. The number of carbonyl (C=O) groups excluding carboxylic acids is 1. The van der Waals surface area contributed by atoms with Gasteiger partial charge in [0.2, 0.25) is 6.10 Å². The molecule has 0 spiro atoms. The summed E-state index contributed by atoms with van der Waals surface area (Å²) in [5, 5.41) is 2.87. The molecule has 3 rings (SSSR count). The van der Waals surface area contributed by atoms with Crippen LogP contribution >= 0.6 is 0 Å². The van der Waals surface area contributed by atoms with Crippen molar-refractivity contribution in [1.29, 1.82) is 0 Å². The van der Waals surface area contributed by atoms with E-state index >= 15 is 0 Å². The molecule has 0 radical (unpaired) electrons. The Balaban J connectivity index is 1.69. The maximum absolute atomic E-state index is 12.3. The molecule has 1 aliphatic heterocycles. The molecule has 22 heavy (non-hydrogen) atoms. The quantitative estimate of drug-likeness (QED) is 0.946. The molecule has 1 heterocycles. The van der Waals surface area contributed by atoms with Gasteiger partial charge in [0.05, 0.1) is 0 Å². The van der Waals surface area contributed by atoms with Crippen molar-refractivity contribution in [2.24, 2.45) is 0 Å². The number of hydrogen-bond donors (Lipinski definition) is 1. The first kappa shape index (κ1) is 14.3. The van der Waals surface area contributed by atoms with E-state index in [1.807, 2.05) is 61.5 Å². The van der Waals surface area contributed by atoms with Gasteiger partial charge in [-0.2, -0.15) is 0 Å². The number of nitrogens with zero attached hydrogens (tertiary/aromatic N) is 1. The summed E-state index contributed by atoms with van der Waals surface area (Å²) < 4.78 is 11.3. The number of benzene rings is 2. The summed E-state index contributed by atoms with van der Waals surface area (Å²) in [5.74, 6) is 1.04. The van der Waals surface area contributed by atoms with Crippen molar-refractivity contribution < 1.29 is 14.3 Å². The lowest BCUT2D eigenvalue weighted by Crippen LogP contribution is -2.40. The third kappa shape index (κ3) is 2.98. The van der Waals surface area contributed by atoms with E-state index in [0.29, 0.717) is 11.5 Å². The summed E-state index contributed by atoms with van der Waals surface area (Å²) in [5.41, 5.74) is 1.75. The number of nitrogens with one attached hydrogen (secondary N) is 1. The molecule has 114 valence electrons. The van der Waals surface area contributed by atoms with Crippen molar-refractivity contribution in [3.05, 3.63) is 48.5 Å². The Kier molecular flexibility index (Phi) is 3.87. The fourth-order valence-corrected chi connectivity index (χ4v) is 2.23. The first-order valence-corrected chi connectivity index (χ1v) is 7.10. The summed E-state index contributed by atoms with van der Waals surface area (Å²) in [6.45, 7) is 0.205. The summed E-state index contributed by atoms with van der Waals surface area (Å²) in [6.07, 6.45) is -0.655. The molecule has 0 bridgehead atoms. The third-order valence-corrected chi connectivity index (χ3v) is 3.43. The largest absolute Gasteiger partial charge is 0.485 e. The molecule has 1 atom stereocenters. The average molecular weight is 298 g/mol. The molecule has 0 aromatic heterocycles. The molecule has 5 heteroatoms. The Labute approximate surface area is 129 Å². The smallest absolute Gasteiger partial charge is 0.269 e. The van der Waals surface area contributed by atoms with E-state index in [-0.39, 0.29) is 12.5 Å². The molecule has 2 aromatic rings. The lowest BCUT2D eigenvalue weighted by atomic mass is 10.2. The predicted octanol–water partition coefficient (Wildman–Crippen LogP) is 2.53. The topological polar surface area (TPSA) is 50.8 Å². The van der Waals surface area contributed by atoms with Crippen molar-refractivity contribution in [3.8, 4) is 11.5 Å². The Morgan fingerprint density at radius 2 is 1.91 bits per heavy atom. The van der Waals surface area contributed by atoms with Crippen LogP contribution < -0.4 is 19.7 Å². The van der Waals surface area contributed by atoms with Gasteiger partial charge in [-0.15, -0.1) is 0 Å². The van der Waals surface area contributed by atoms with Gasteiger partial charge in [-0.3, -0.25) is 4.79 Å². The van der Waals surface area contributed by atoms with Crippen LogP contribution in [-0.2, 0) is 4.79 Å². The molecule has 1 unspecified atom stereocenters.